The molecule has 0 atom stereocenters. The lowest BCUT2D eigenvalue weighted by atomic mass is 10.0. The predicted molar refractivity (Wildman–Crippen MR) is 105 cm³/mol. The van der Waals surface area contributed by atoms with Crippen molar-refractivity contribution in [1.29, 1.82) is 0 Å². The van der Waals surface area contributed by atoms with Crippen LogP contribution >= 0.6 is 0 Å². The van der Waals surface area contributed by atoms with Gasteiger partial charge in [-0.05, 0) is 52.0 Å². The van der Waals surface area contributed by atoms with Gasteiger partial charge >= 0.3 is 0 Å². The summed E-state index contributed by atoms with van der Waals surface area (Å²) >= 11 is 0. The van der Waals surface area contributed by atoms with Crippen LogP contribution in [0, 0.1) is 13.8 Å². The minimum Gasteiger partial charge on any atom is -0.508 e. The lowest BCUT2D eigenvalue weighted by molar-refractivity contribution is -0.114. The van der Waals surface area contributed by atoms with E-state index in [1.807, 2.05) is 39.6 Å². The first-order chi connectivity index (χ1) is 12.5. The maximum Gasteiger partial charge on any atom is 0.221 e. The van der Waals surface area contributed by atoms with E-state index in [1.165, 1.54) is 19.1 Å². The lowest BCUT2D eigenvalue weighted by Crippen LogP contribution is -2.47. The minimum atomic E-state index is -0.351. The number of aromatic hydroxyl groups is 2. The van der Waals surface area contributed by atoms with Crippen LogP contribution in [-0.4, -0.2) is 33.9 Å². The van der Waals surface area contributed by atoms with Crippen molar-refractivity contribution in [1.82, 2.24) is 4.98 Å². The number of benzene rings is 1. The van der Waals surface area contributed by atoms with Crippen LogP contribution in [0.4, 0.5) is 11.5 Å². The maximum absolute atomic E-state index is 10.5. The highest BCUT2D eigenvalue weighted by molar-refractivity contribution is 5.88. The molecule has 0 saturated heterocycles. The van der Waals surface area contributed by atoms with Gasteiger partial charge in [0.15, 0.2) is 0 Å². The number of amides is 1. The van der Waals surface area contributed by atoms with Crippen molar-refractivity contribution in [3.63, 3.8) is 0 Å². The van der Waals surface area contributed by atoms with Crippen molar-refractivity contribution in [2.24, 2.45) is 0 Å². The smallest absolute Gasteiger partial charge is 0.221 e. The average molecular weight is 373 g/mol. The number of ether oxygens (including phenoxy) is 1. The topological polar surface area (TPSA) is 94.9 Å². The zero-order valence-electron chi connectivity index (χ0n) is 16.6. The van der Waals surface area contributed by atoms with Crippen molar-refractivity contribution in [3.8, 4) is 11.5 Å². The largest absolute Gasteiger partial charge is 0.508 e. The van der Waals surface area contributed by atoms with Gasteiger partial charge in [0, 0.05) is 30.8 Å². The molecule has 0 spiro atoms. The third-order valence-corrected chi connectivity index (χ3v) is 4.58. The van der Waals surface area contributed by atoms with Crippen LogP contribution in [0.15, 0.2) is 24.3 Å². The summed E-state index contributed by atoms with van der Waals surface area (Å²) in [5, 5.41) is 21.3. The second-order valence-electron chi connectivity index (χ2n) is 7.00. The van der Waals surface area contributed by atoms with Gasteiger partial charge in [-0.25, -0.2) is 4.98 Å². The van der Waals surface area contributed by atoms with E-state index in [9.17, 15) is 9.90 Å². The summed E-state index contributed by atoms with van der Waals surface area (Å²) in [7, 11) is 1.96. The van der Waals surface area contributed by atoms with Gasteiger partial charge in [-0.3, -0.25) is 4.79 Å². The number of nitrogens with zero attached hydrogens (tertiary/aromatic N) is 2. The van der Waals surface area contributed by atoms with E-state index in [0.717, 1.165) is 16.9 Å². The summed E-state index contributed by atoms with van der Waals surface area (Å²) < 4.78 is 5.75. The summed E-state index contributed by atoms with van der Waals surface area (Å²) in [5.74, 6) is 1.26. The number of carbonyl (C=O) groups excluding carboxylic acids is 1. The number of phenolic OH excluding ortho intramolecular Hbond substituents is 1. The Morgan fingerprint density at radius 3 is 2.37 bits per heavy atom. The SMILES string of the molecule is CC(=O)Nc1ccc(O)cc1.Cc1nc2c(c(C)c1O)COC(C)(C)N2C. The molecule has 27 heavy (non-hydrogen) atoms. The van der Waals surface area contributed by atoms with Crippen molar-refractivity contribution in [3.05, 3.63) is 41.1 Å². The molecule has 3 N–H and O–H groups in total. The summed E-state index contributed by atoms with van der Waals surface area (Å²) in [6.07, 6.45) is 0. The Bertz CT molecular complexity index is 832. The molecule has 146 valence electrons. The molecule has 3 rings (SSSR count). The highest BCUT2D eigenvalue weighted by atomic mass is 16.5. The first-order valence-corrected chi connectivity index (χ1v) is 8.66. The van der Waals surface area contributed by atoms with E-state index in [2.05, 4.69) is 10.3 Å². The fraction of sp³-hybridized carbons (Fsp3) is 0.400. The van der Waals surface area contributed by atoms with E-state index in [4.69, 9.17) is 9.84 Å². The Labute approximate surface area is 159 Å². The third kappa shape index (κ3) is 4.68. The molecule has 7 nitrogen and oxygen atoms in total. The van der Waals surface area contributed by atoms with Crippen molar-refractivity contribution in [2.45, 2.75) is 47.0 Å². The number of phenols is 1. The molecule has 1 aliphatic rings. The van der Waals surface area contributed by atoms with Gasteiger partial charge in [-0.15, -0.1) is 0 Å². The monoisotopic (exact) mass is 373 g/mol. The van der Waals surface area contributed by atoms with Crippen LogP contribution in [0.5, 0.6) is 11.5 Å². The number of fused-ring (bicyclic) bond motifs is 1. The minimum absolute atomic E-state index is 0.115. The van der Waals surface area contributed by atoms with Gasteiger partial charge in [0.1, 0.15) is 23.0 Å². The van der Waals surface area contributed by atoms with Crippen LogP contribution < -0.4 is 10.2 Å². The zero-order valence-corrected chi connectivity index (χ0v) is 16.6. The summed E-state index contributed by atoms with van der Waals surface area (Å²) in [4.78, 5) is 17.0. The third-order valence-electron chi connectivity index (χ3n) is 4.58. The fourth-order valence-corrected chi connectivity index (χ4v) is 2.66. The molecule has 0 aliphatic carbocycles. The van der Waals surface area contributed by atoms with Crippen LogP contribution in [-0.2, 0) is 16.1 Å². The van der Waals surface area contributed by atoms with Gasteiger partial charge in [0.2, 0.25) is 5.91 Å². The first-order valence-electron chi connectivity index (χ1n) is 8.66. The maximum atomic E-state index is 10.5. The fourth-order valence-electron chi connectivity index (χ4n) is 2.66. The number of hydrogen-bond donors (Lipinski definition) is 3. The molecule has 0 fully saturated rings. The highest BCUT2D eigenvalue weighted by Gasteiger charge is 2.33. The molecule has 1 aromatic carbocycles. The van der Waals surface area contributed by atoms with Gasteiger partial charge in [-0.1, -0.05) is 0 Å². The van der Waals surface area contributed by atoms with Crippen LogP contribution in [0.3, 0.4) is 0 Å². The molecule has 1 aliphatic heterocycles. The molecule has 0 bridgehead atoms. The molecule has 1 aromatic heterocycles. The van der Waals surface area contributed by atoms with Crippen molar-refractivity contribution < 1.29 is 19.7 Å². The number of hydrogen-bond acceptors (Lipinski definition) is 6. The number of pyridine rings is 1. The quantitative estimate of drug-likeness (QED) is 0.663. The highest BCUT2D eigenvalue weighted by Crippen LogP contribution is 2.37. The molecule has 0 unspecified atom stereocenters. The molecule has 2 heterocycles. The Morgan fingerprint density at radius 1 is 1.22 bits per heavy atom. The van der Waals surface area contributed by atoms with Gasteiger partial charge in [0.25, 0.3) is 0 Å². The molecule has 2 aromatic rings. The summed E-state index contributed by atoms with van der Waals surface area (Å²) in [6, 6.07) is 6.31. The van der Waals surface area contributed by atoms with Crippen LogP contribution in [0.1, 0.15) is 37.6 Å². The number of nitrogens with one attached hydrogen (secondary N) is 1. The number of rotatable bonds is 1. The molecule has 1 amide bonds. The van der Waals surface area contributed by atoms with Gasteiger partial charge in [0.05, 0.1) is 12.3 Å². The number of anilines is 2. The van der Waals surface area contributed by atoms with Crippen molar-refractivity contribution >= 4 is 17.4 Å². The van der Waals surface area contributed by atoms with E-state index in [1.54, 1.807) is 12.1 Å². The lowest BCUT2D eigenvalue weighted by Gasteiger charge is -2.42. The Hall–Kier alpha value is -2.80. The van der Waals surface area contributed by atoms with E-state index >= 15 is 0 Å². The summed E-state index contributed by atoms with van der Waals surface area (Å²) in [6.45, 7) is 9.67. The molecule has 0 radical (unpaired) electrons. The normalized spacial score (nSPS) is 14.7. The Morgan fingerprint density at radius 2 is 1.81 bits per heavy atom. The Kier molecular flexibility index (Phi) is 5.95. The summed E-state index contributed by atoms with van der Waals surface area (Å²) in [5.41, 5.74) is 2.85. The van der Waals surface area contributed by atoms with Crippen LogP contribution in [0.25, 0.3) is 0 Å². The molecule has 0 saturated carbocycles. The van der Waals surface area contributed by atoms with Crippen molar-refractivity contribution in [2.75, 3.05) is 17.3 Å². The first kappa shape index (κ1) is 20.5. The average Bonchev–Trinajstić information content (AvgIpc) is 2.59. The standard InChI is InChI=1S/C12H18N2O2.C8H9NO2/c1-7-9-6-16-12(3,4)14(5)11(9)13-8(2)10(7)15;1-6(10)9-7-2-4-8(11)5-3-7/h15H,6H2,1-5H3;2-5,11H,1H3,(H,9,10). The number of aromatic nitrogens is 1. The Balaban J connectivity index is 0.000000208. The predicted octanol–water partition coefficient (Wildman–Crippen LogP) is 3.46. The van der Waals surface area contributed by atoms with Crippen LogP contribution in [0.2, 0.25) is 0 Å². The second kappa shape index (κ2) is 7.84. The van der Waals surface area contributed by atoms with E-state index in [-0.39, 0.29) is 23.1 Å². The molecule has 7 heteroatoms. The molecular weight excluding hydrogens is 346 g/mol. The molecular formula is C20H27N3O4. The van der Waals surface area contributed by atoms with Gasteiger partial charge < -0.3 is 25.2 Å². The van der Waals surface area contributed by atoms with Gasteiger partial charge in [-0.2, -0.15) is 0 Å². The number of carbonyl (C=O) groups is 1. The number of aryl methyl sites for hydroxylation is 1. The van der Waals surface area contributed by atoms with E-state index in [0.29, 0.717) is 18.0 Å². The van der Waals surface area contributed by atoms with E-state index < -0.39 is 0 Å². The zero-order chi connectivity index (χ0) is 20.4. The second-order valence-corrected chi connectivity index (χ2v) is 7.00.